The topological polar surface area (TPSA) is 35.6 Å². The Hall–Kier alpha value is -1.55. The fourth-order valence-electron chi connectivity index (χ4n) is 3.29. The summed E-state index contributed by atoms with van der Waals surface area (Å²) in [6.07, 6.45) is 3.40. The molecule has 0 aromatic heterocycles. The Balaban J connectivity index is 1.65. The second-order valence-electron chi connectivity index (χ2n) is 5.79. The molecule has 0 spiro atoms. The molecule has 0 radical (unpaired) electrons. The third kappa shape index (κ3) is 2.66. The van der Waals surface area contributed by atoms with Crippen molar-refractivity contribution in [3.05, 3.63) is 29.8 Å². The number of urea groups is 1. The maximum atomic E-state index is 12.3. The van der Waals surface area contributed by atoms with Gasteiger partial charge in [-0.05, 0) is 37.4 Å². The number of hydrogen-bond acceptors (Lipinski definition) is 2. The molecule has 0 bridgehead atoms. The monoisotopic (exact) mass is 273 g/mol. The Bertz CT molecular complexity index is 480. The average molecular weight is 273 g/mol. The predicted octanol–water partition coefficient (Wildman–Crippen LogP) is 2.91. The number of carbonyl (C=O) groups excluding carboxylic acids is 1. The lowest BCUT2D eigenvalue weighted by Crippen LogP contribution is -2.50. The molecular weight excluding hydrogens is 250 g/mol. The summed E-state index contributed by atoms with van der Waals surface area (Å²) in [6.45, 7) is 6.39. The molecule has 108 valence electrons. The van der Waals surface area contributed by atoms with Crippen LogP contribution in [0.25, 0.3) is 0 Å². The van der Waals surface area contributed by atoms with E-state index in [1.54, 1.807) is 0 Å². The maximum absolute atomic E-state index is 12.3. The molecule has 4 nitrogen and oxygen atoms in total. The molecule has 0 aliphatic carbocycles. The Kier molecular flexibility index (Phi) is 3.92. The van der Waals surface area contributed by atoms with Crippen LogP contribution in [-0.2, 0) is 6.54 Å². The zero-order valence-corrected chi connectivity index (χ0v) is 12.1. The Morgan fingerprint density at radius 3 is 2.75 bits per heavy atom. The van der Waals surface area contributed by atoms with Crippen LogP contribution in [0.5, 0.6) is 0 Å². The number of nitrogens with one attached hydrogen (secondary N) is 1. The summed E-state index contributed by atoms with van der Waals surface area (Å²) in [6, 6.07) is 8.55. The van der Waals surface area contributed by atoms with Crippen LogP contribution in [0.1, 0.15) is 31.7 Å². The van der Waals surface area contributed by atoms with Gasteiger partial charge in [-0.1, -0.05) is 25.1 Å². The first-order chi connectivity index (χ1) is 9.78. The molecule has 1 N–H and O–H groups in total. The summed E-state index contributed by atoms with van der Waals surface area (Å²) >= 11 is 0. The van der Waals surface area contributed by atoms with Crippen molar-refractivity contribution in [2.45, 2.75) is 38.8 Å². The van der Waals surface area contributed by atoms with E-state index < -0.39 is 0 Å². The van der Waals surface area contributed by atoms with Gasteiger partial charge in [0.2, 0.25) is 0 Å². The van der Waals surface area contributed by atoms with Gasteiger partial charge in [0.25, 0.3) is 0 Å². The highest BCUT2D eigenvalue weighted by Gasteiger charge is 2.31. The van der Waals surface area contributed by atoms with Gasteiger partial charge in [0.1, 0.15) is 0 Å². The van der Waals surface area contributed by atoms with Crippen LogP contribution in [0.4, 0.5) is 10.5 Å². The second kappa shape index (κ2) is 5.83. The quantitative estimate of drug-likeness (QED) is 0.919. The molecule has 20 heavy (non-hydrogen) atoms. The zero-order valence-electron chi connectivity index (χ0n) is 12.1. The largest absolute Gasteiger partial charge is 0.322 e. The van der Waals surface area contributed by atoms with Gasteiger partial charge in [-0.25, -0.2) is 4.79 Å². The Morgan fingerprint density at radius 1 is 1.25 bits per heavy atom. The Labute approximate surface area is 120 Å². The maximum Gasteiger partial charge on any atom is 0.322 e. The van der Waals surface area contributed by atoms with Crippen LogP contribution in [0.3, 0.4) is 0 Å². The standard InChI is InChI=1S/C16H23N3O/c1-2-9-18-10-7-14(8-11-18)19-12-13-5-3-4-6-15(13)17-16(19)20/h3-6,14H,2,7-12H2,1H3,(H,17,20). The van der Waals surface area contributed by atoms with Crippen LogP contribution in [-0.4, -0.2) is 41.5 Å². The number of carbonyl (C=O) groups is 1. The van der Waals surface area contributed by atoms with Crippen molar-refractivity contribution >= 4 is 11.7 Å². The van der Waals surface area contributed by atoms with E-state index in [2.05, 4.69) is 23.2 Å². The van der Waals surface area contributed by atoms with Crippen LogP contribution < -0.4 is 5.32 Å². The summed E-state index contributed by atoms with van der Waals surface area (Å²) in [7, 11) is 0. The smallest absolute Gasteiger partial charge is 0.317 e. The van der Waals surface area contributed by atoms with Crippen molar-refractivity contribution in [2.24, 2.45) is 0 Å². The molecule has 1 fully saturated rings. The number of benzene rings is 1. The molecular formula is C16H23N3O. The lowest BCUT2D eigenvalue weighted by Gasteiger charge is -2.40. The molecule has 1 saturated heterocycles. The summed E-state index contributed by atoms with van der Waals surface area (Å²) < 4.78 is 0. The zero-order chi connectivity index (χ0) is 13.9. The van der Waals surface area contributed by atoms with E-state index in [1.807, 2.05) is 23.1 Å². The number of anilines is 1. The van der Waals surface area contributed by atoms with Gasteiger partial charge in [-0.3, -0.25) is 0 Å². The van der Waals surface area contributed by atoms with Crippen molar-refractivity contribution < 1.29 is 4.79 Å². The minimum Gasteiger partial charge on any atom is -0.317 e. The summed E-state index contributed by atoms with van der Waals surface area (Å²) in [5, 5.41) is 3.02. The Morgan fingerprint density at radius 2 is 2.00 bits per heavy atom. The minimum atomic E-state index is 0.0673. The molecule has 0 atom stereocenters. The van der Waals surface area contributed by atoms with Gasteiger partial charge in [-0.2, -0.15) is 0 Å². The van der Waals surface area contributed by atoms with Gasteiger partial charge in [0, 0.05) is 31.4 Å². The van der Waals surface area contributed by atoms with E-state index in [9.17, 15) is 4.79 Å². The van der Waals surface area contributed by atoms with E-state index >= 15 is 0 Å². The van der Waals surface area contributed by atoms with E-state index in [4.69, 9.17) is 0 Å². The molecule has 0 unspecified atom stereocenters. The van der Waals surface area contributed by atoms with E-state index in [0.29, 0.717) is 6.04 Å². The first-order valence-corrected chi connectivity index (χ1v) is 7.66. The molecule has 0 saturated carbocycles. The van der Waals surface area contributed by atoms with Crippen LogP contribution in [0.2, 0.25) is 0 Å². The summed E-state index contributed by atoms with van der Waals surface area (Å²) in [4.78, 5) is 16.8. The van der Waals surface area contributed by atoms with Gasteiger partial charge >= 0.3 is 6.03 Å². The number of nitrogens with zero attached hydrogens (tertiary/aromatic N) is 2. The lowest BCUT2D eigenvalue weighted by molar-refractivity contribution is 0.121. The fraction of sp³-hybridized carbons (Fsp3) is 0.562. The van der Waals surface area contributed by atoms with Crippen molar-refractivity contribution in [3.63, 3.8) is 0 Å². The third-order valence-electron chi connectivity index (χ3n) is 4.40. The molecule has 2 heterocycles. The molecule has 1 aromatic carbocycles. The molecule has 2 aliphatic heterocycles. The molecule has 4 heteroatoms. The number of para-hydroxylation sites is 1. The second-order valence-corrected chi connectivity index (χ2v) is 5.79. The number of rotatable bonds is 3. The first kappa shape index (κ1) is 13.4. The third-order valence-corrected chi connectivity index (χ3v) is 4.40. The van der Waals surface area contributed by atoms with E-state index in [1.165, 1.54) is 18.5 Å². The number of amides is 2. The van der Waals surface area contributed by atoms with Crippen molar-refractivity contribution in [2.75, 3.05) is 25.0 Å². The summed E-state index contributed by atoms with van der Waals surface area (Å²) in [5.41, 5.74) is 2.19. The number of hydrogen-bond donors (Lipinski definition) is 1. The van der Waals surface area contributed by atoms with Gasteiger partial charge in [-0.15, -0.1) is 0 Å². The number of likely N-dealkylation sites (tertiary alicyclic amines) is 1. The van der Waals surface area contributed by atoms with Crippen LogP contribution >= 0.6 is 0 Å². The van der Waals surface area contributed by atoms with Gasteiger partial charge in [0.05, 0.1) is 0 Å². The van der Waals surface area contributed by atoms with Gasteiger partial charge < -0.3 is 15.1 Å². The highest BCUT2D eigenvalue weighted by atomic mass is 16.2. The van der Waals surface area contributed by atoms with Crippen molar-refractivity contribution in [3.8, 4) is 0 Å². The highest BCUT2D eigenvalue weighted by molar-refractivity contribution is 5.92. The molecule has 1 aromatic rings. The van der Waals surface area contributed by atoms with Crippen LogP contribution in [0, 0.1) is 0 Å². The predicted molar refractivity (Wildman–Crippen MR) is 80.8 cm³/mol. The SMILES string of the molecule is CCCN1CCC(N2Cc3ccccc3NC2=O)CC1. The average Bonchev–Trinajstić information content (AvgIpc) is 2.48. The lowest BCUT2D eigenvalue weighted by atomic mass is 10.0. The minimum absolute atomic E-state index is 0.0673. The van der Waals surface area contributed by atoms with E-state index in [0.717, 1.165) is 38.2 Å². The highest BCUT2D eigenvalue weighted by Crippen LogP contribution is 2.27. The molecule has 3 rings (SSSR count). The first-order valence-electron chi connectivity index (χ1n) is 7.66. The van der Waals surface area contributed by atoms with Gasteiger partial charge in [0.15, 0.2) is 0 Å². The van der Waals surface area contributed by atoms with Crippen molar-refractivity contribution in [1.82, 2.24) is 9.80 Å². The summed E-state index contributed by atoms with van der Waals surface area (Å²) in [5.74, 6) is 0. The van der Waals surface area contributed by atoms with Crippen LogP contribution in [0.15, 0.2) is 24.3 Å². The van der Waals surface area contributed by atoms with Crippen molar-refractivity contribution in [1.29, 1.82) is 0 Å². The molecule has 2 aliphatic rings. The molecule has 2 amide bonds. The van der Waals surface area contributed by atoms with E-state index in [-0.39, 0.29) is 6.03 Å². The number of fused-ring (bicyclic) bond motifs is 1. The normalized spacial score (nSPS) is 20.6. The fourth-order valence-corrected chi connectivity index (χ4v) is 3.29. The number of piperidine rings is 1.